The van der Waals surface area contributed by atoms with Gasteiger partial charge in [-0.2, -0.15) is 0 Å². The van der Waals surface area contributed by atoms with Crippen LogP contribution in [0.5, 0.6) is 5.75 Å². The molecule has 1 unspecified atom stereocenters. The number of rotatable bonds is 3. The van der Waals surface area contributed by atoms with Gasteiger partial charge in [-0.15, -0.1) is 9.69 Å². The van der Waals surface area contributed by atoms with Crippen LogP contribution in [0.3, 0.4) is 0 Å². The normalized spacial score (nSPS) is 23.3. The number of hydrogen-bond donors (Lipinski definition) is 1. The summed E-state index contributed by atoms with van der Waals surface area (Å²) in [7, 11) is 1.68. The standard InChI is InChI=1S/C20H23N2O2/c1-24-18-11-9-16(10-12-18)19-15-20(23,17-7-3-2-4-8-17)22-14-6-5-13-21(19)22/h2-4,7-12,23H,5-6,13-15H2,1H3/q+1. The number of hydrazone groups is 1. The number of hydrogen-bond acceptors (Lipinski definition) is 3. The molecule has 124 valence electrons. The highest BCUT2D eigenvalue weighted by Crippen LogP contribution is 2.38. The Morgan fingerprint density at radius 3 is 2.50 bits per heavy atom. The highest BCUT2D eigenvalue weighted by molar-refractivity contribution is 5.98. The fourth-order valence-corrected chi connectivity index (χ4v) is 3.84. The molecule has 2 aliphatic rings. The molecule has 0 aromatic heterocycles. The third-order valence-corrected chi connectivity index (χ3v) is 5.09. The summed E-state index contributed by atoms with van der Waals surface area (Å²) >= 11 is 0. The minimum atomic E-state index is -0.961. The molecule has 1 N–H and O–H groups in total. The van der Waals surface area contributed by atoms with Gasteiger partial charge in [0.05, 0.1) is 20.1 Å². The fraction of sp³-hybridized carbons (Fsp3) is 0.350. The van der Waals surface area contributed by atoms with Crippen molar-refractivity contribution in [3.63, 3.8) is 0 Å². The molecule has 2 aromatic rings. The molecule has 0 bridgehead atoms. The number of hydrazine groups is 1. The summed E-state index contributed by atoms with van der Waals surface area (Å²) in [4.78, 5) is 0. The van der Waals surface area contributed by atoms with Gasteiger partial charge in [0.1, 0.15) is 5.75 Å². The first-order valence-electron chi connectivity index (χ1n) is 8.55. The van der Waals surface area contributed by atoms with E-state index in [9.17, 15) is 5.11 Å². The molecule has 1 fully saturated rings. The summed E-state index contributed by atoms with van der Waals surface area (Å²) in [6.45, 7) is 1.83. The molecule has 24 heavy (non-hydrogen) atoms. The predicted molar refractivity (Wildman–Crippen MR) is 93.1 cm³/mol. The Hall–Kier alpha value is -2.33. The van der Waals surface area contributed by atoms with Crippen molar-refractivity contribution in [1.82, 2.24) is 5.01 Å². The zero-order chi connectivity index (χ0) is 16.6. The molecule has 1 saturated heterocycles. The number of ether oxygens (including phenoxy) is 1. The summed E-state index contributed by atoms with van der Waals surface area (Å²) in [6.07, 6.45) is 2.87. The molecule has 2 heterocycles. The average molecular weight is 323 g/mol. The minimum Gasteiger partial charge on any atom is -0.497 e. The van der Waals surface area contributed by atoms with Crippen LogP contribution in [0.15, 0.2) is 54.6 Å². The monoisotopic (exact) mass is 323 g/mol. The third kappa shape index (κ3) is 2.38. The molecule has 0 saturated carbocycles. The van der Waals surface area contributed by atoms with E-state index in [2.05, 4.69) is 21.8 Å². The molecule has 4 rings (SSSR count). The van der Waals surface area contributed by atoms with Crippen LogP contribution in [-0.2, 0) is 5.72 Å². The molecule has 4 nitrogen and oxygen atoms in total. The van der Waals surface area contributed by atoms with Crippen molar-refractivity contribution in [2.75, 3.05) is 20.2 Å². The van der Waals surface area contributed by atoms with Crippen molar-refractivity contribution in [3.8, 4) is 5.75 Å². The van der Waals surface area contributed by atoms with Gasteiger partial charge >= 0.3 is 0 Å². The van der Waals surface area contributed by atoms with Gasteiger partial charge in [0.2, 0.25) is 11.4 Å². The molecular weight excluding hydrogens is 300 g/mol. The zero-order valence-electron chi connectivity index (χ0n) is 14.0. The number of nitrogens with zero attached hydrogens (tertiary/aromatic N) is 2. The summed E-state index contributed by atoms with van der Waals surface area (Å²) in [6, 6.07) is 18.1. The first-order chi connectivity index (χ1) is 11.7. The number of fused-ring (bicyclic) bond motifs is 1. The second kappa shape index (κ2) is 5.95. The molecule has 1 atom stereocenters. The van der Waals surface area contributed by atoms with E-state index in [1.54, 1.807) is 7.11 Å². The maximum Gasteiger partial charge on any atom is 0.225 e. The Morgan fingerprint density at radius 1 is 1.04 bits per heavy atom. The van der Waals surface area contributed by atoms with Crippen LogP contribution in [0.1, 0.15) is 30.4 Å². The topological polar surface area (TPSA) is 35.7 Å². The van der Waals surface area contributed by atoms with Crippen LogP contribution in [-0.4, -0.2) is 40.7 Å². The summed E-state index contributed by atoms with van der Waals surface area (Å²) < 4.78 is 7.54. The molecule has 2 aliphatic heterocycles. The lowest BCUT2D eigenvalue weighted by Gasteiger charge is -2.33. The largest absolute Gasteiger partial charge is 0.497 e. The smallest absolute Gasteiger partial charge is 0.225 e. The molecule has 2 aromatic carbocycles. The van der Waals surface area contributed by atoms with E-state index in [1.807, 2.05) is 42.5 Å². The Bertz CT molecular complexity index is 755. The molecular formula is C20H23N2O2+. The first-order valence-corrected chi connectivity index (χ1v) is 8.55. The van der Waals surface area contributed by atoms with Crippen molar-refractivity contribution in [2.24, 2.45) is 0 Å². The predicted octanol–water partition coefficient (Wildman–Crippen LogP) is 2.76. The van der Waals surface area contributed by atoms with Crippen LogP contribution in [0.4, 0.5) is 0 Å². The van der Waals surface area contributed by atoms with Crippen LogP contribution in [0.2, 0.25) is 0 Å². The van der Waals surface area contributed by atoms with Crippen LogP contribution in [0.25, 0.3) is 0 Å². The number of aliphatic hydroxyl groups is 1. The summed E-state index contributed by atoms with van der Waals surface area (Å²) in [5.74, 6) is 0.853. The number of methoxy groups -OCH3 is 1. The van der Waals surface area contributed by atoms with Crippen molar-refractivity contribution in [1.29, 1.82) is 0 Å². The Labute approximate surface area is 142 Å². The minimum absolute atomic E-state index is 0.601. The maximum absolute atomic E-state index is 11.5. The van der Waals surface area contributed by atoms with E-state index in [-0.39, 0.29) is 0 Å². The molecule has 0 aliphatic carbocycles. The average Bonchev–Trinajstić information content (AvgIpc) is 2.97. The fourth-order valence-electron chi connectivity index (χ4n) is 3.84. The Morgan fingerprint density at radius 2 is 1.79 bits per heavy atom. The summed E-state index contributed by atoms with van der Waals surface area (Å²) in [5.41, 5.74) is 2.33. The number of benzene rings is 2. The molecule has 0 radical (unpaired) electrons. The van der Waals surface area contributed by atoms with Crippen LogP contribution in [0, 0.1) is 0 Å². The lowest BCUT2D eigenvalue weighted by atomic mass is 9.94. The second-order valence-electron chi connectivity index (χ2n) is 6.49. The van der Waals surface area contributed by atoms with Gasteiger partial charge in [0.25, 0.3) is 0 Å². The highest BCUT2D eigenvalue weighted by atomic mass is 16.5. The van der Waals surface area contributed by atoms with Crippen molar-refractivity contribution >= 4 is 5.71 Å². The van der Waals surface area contributed by atoms with Gasteiger partial charge in [-0.3, -0.25) is 0 Å². The lowest BCUT2D eigenvalue weighted by Crippen LogP contribution is -2.49. The quantitative estimate of drug-likeness (QED) is 0.882. The SMILES string of the molecule is COc1ccc(C2=[N+]3CCCCN3C(O)(c3ccccc3)C2)cc1. The van der Waals surface area contributed by atoms with E-state index >= 15 is 0 Å². The van der Waals surface area contributed by atoms with Gasteiger partial charge in [-0.25, -0.2) is 0 Å². The van der Waals surface area contributed by atoms with Gasteiger partial charge in [-0.05, 0) is 30.7 Å². The van der Waals surface area contributed by atoms with Crippen molar-refractivity contribution in [2.45, 2.75) is 25.0 Å². The summed E-state index contributed by atoms with van der Waals surface area (Å²) in [5, 5.41) is 13.7. The molecule has 4 heteroatoms. The van der Waals surface area contributed by atoms with Gasteiger partial charge < -0.3 is 9.84 Å². The lowest BCUT2D eigenvalue weighted by molar-refractivity contribution is -0.717. The highest BCUT2D eigenvalue weighted by Gasteiger charge is 2.52. The molecule has 0 amide bonds. The van der Waals surface area contributed by atoms with E-state index < -0.39 is 5.72 Å². The third-order valence-electron chi connectivity index (χ3n) is 5.09. The van der Waals surface area contributed by atoms with E-state index in [0.717, 1.165) is 42.8 Å². The van der Waals surface area contributed by atoms with Crippen molar-refractivity contribution < 1.29 is 14.5 Å². The Kier molecular flexibility index (Phi) is 3.77. The van der Waals surface area contributed by atoms with Gasteiger partial charge in [0, 0.05) is 17.5 Å². The Balaban J connectivity index is 1.76. The van der Waals surface area contributed by atoms with Gasteiger partial charge in [-0.1, -0.05) is 30.3 Å². The van der Waals surface area contributed by atoms with Crippen molar-refractivity contribution in [3.05, 3.63) is 65.7 Å². The zero-order valence-corrected chi connectivity index (χ0v) is 14.0. The van der Waals surface area contributed by atoms with Gasteiger partial charge in [0.15, 0.2) is 6.54 Å². The van der Waals surface area contributed by atoms with Crippen LogP contribution < -0.4 is 4.74 Å². The van der Waals surface area contributed by atoms with E-state index in [1.165, 1.54) is 5.71 Å². The van der Waals surface area contributed by atoms with Crippen LogP contribution >= 0.6 is 0 Å². The van der Waals surface area contributed by atoms with E-state index in [0.29, 0.717) is 6.42 Å². The maximum atomic E-state index is 11.5. The first kappa shape index (κ1) is 15.2. The second-order valence-corrected chi connectivity index (χ2v) is 6.49. The molecule has 0 spiro atoms. The van der Waals surface area contributed by atoms with E-state index in [4.69, 9.17) is 4.74 Å².